The van der Waals surface area contributed by atoms with Gasteiger partial charge in [0, 0.05) is 18.6 Å². The van der Waals surface area contributed by atoms with E-state index in [1.165, 1.54) is 0 Å². The zero-order chi connectivity index (χ0) is 13.9. The number of halogens is 4. The number of pyridine rings is 2. The maximum atomic E-state index is 12.4. The van der Waals surface area contributed by atoms with Crippen molar-refractivity contribution in [2.75, 3.05) is 0 Å². The smallest absolute Gasteiger partial charge is 0.264 e. The first-order valence-corrected chi connectivity index (χ1v) is 5.65. The molecule has 0 aliphatic carbocycles. The first kappa shape index (κ1) is 13.5. The molecule has 0 N–H and O–H groups in total. The molecule has 0 aliphatic rings. The van der Waals surface area contributed by atoms with Crippen molar-refractivity contribution >= 4 is 23.8 Å². The van der Waals surface area contributed by atoms with Crippen LogP contribution in [-0.4, -0.2) is 9.97 Å². The van der Waals surface area contributed by atoms with Gasteiger partial charge in [-0.3, -0.25) is 9.97 Å². The van der Waals surface area contributed by atoms with Crippen LogP contribution < -0.4 is 0 Å². The minimum atomic E-state index is -4.44. The summed E-state index contributed by atoms with van der Waals surface area (Å²) >= 11 is 5.77. The van der Waals surface area contributed by atoms with Crippen LogP contribution in [0.15, 0.2) is 36.8 Å². The molecular formula is C13H8ClF3N2. The predicted molar refractivity (Wildman–Crippen MR) is 67.4 cm³/mol. The number of alkyl halides is 3. The zero-order valence-corrected chi connectivity index (χ0v) is 10.3. The van der Waals surface area contributed by atoms with E-state index in [9.17, 15) is 13.2 Å². The second-order valence-corrected chi connectivity index (χ2v) is 4.12. The van der Waals surface area contributed by atoms with Gasteiger partial charge in [0.2, 0.25) is 0 Å². The summed E-state index contributed by atoms with van der Waals surface area (Å²) in [6.45, 7) is 0. The van der Waals surface area contributed by atoms with Crippen LogP contribution in [-0.2, 0) is 6.18 Å². The number of aromatic nitrogens is 2. The second-order valence-electron chi connectivity index (χ2n) is 3.71. The van der Waals surface area contributed by atoms with Gasteiger partial charge < -0.3 is 0 Å². The van der Waals surface area contributed by atoms with Gasteiger partial charge in [-0.15, -0.1) is 0 Å². The van der Waals surface area contributed by atoms with E-state index in [2.05, 4.69) is 9.97 Å². The van der Waals surface area contributed by atoms with Crippen LogP contribution >= 0.6 is 11.6 Å². The Kier molecular flexibility index (Phi) is 3.85. The Morgan fingerprint density at radius 3 is 2.53 bits per heavy atom. The molecule has 0 spiro atoms. The van der Waals surface area contributed by atoms with E-state index < -0.39 is 11.7 Å². The molecule has 2 aromatic rings. The molecule has 0 fully saturated rings. The molecule has 0 bridgehead atoms. The van der Waals surface area contributed by atoms with Crippen LogP contribution in [0.5, 0.6) is 0 Å². The summed E-state index contributed by atoms with van der Waals surface area (Å²) in [5.41, 5.74) is 0.217. The Morgan fingerprint density at radius 2 is 1.95 bits per heavy atom. The summed E-state index contributed by atoms with van der Waals surface area (Å²) in [7, 11) is 0. The minimum absolute atomic E-state index is 0.0463. The summed E-state index contributed by atoms with van der Waals surface area (Å²) in [6, 6.07) is 4.42. The Balaban J connectivity index is 2.25. The van der Waals surface area contributed by atoms with Gasteiger partial charge in [0.1, 0.15) is 0 Å². The first-order valence-electron chi connectivity index (χ1n) is 5.27. The quantitative estimate of drug-likeness (QED) is 0.821. The fraction of sp³-hybridized carbons (Fsp3) is 0.0769. The molecule has 2 aromatic heterocycles. The minimum Gasteiger partial charge on any atom is -0.264 e. The summed E-state index contributed by atoms with van der Waals surface area (Å²) in [5, 5.41) is -0.0463. The molecule has 0 radical (unpaired) electrons. The van der Waals surface area contributed by atoms with Crippen molar-refractivity contribution in [1.82, 2.24) is 9.97 Å². The van der Waals surface area contributed by atoms with Crippen LogP contribution in [0.1, 0.15) is 16.8 Å². The fourth-order valence-corrected chi connectivity index (χ4v) is 1.61. The van der Waals surface area contributed by atoms with E-state index in [0.717, 1.165) is 17.8 Å². The monoisotopic (exact) mass is 284 g/mol. The van der Waals surface area contributed by atoms with Crippen LogP contribution in [0.2, 0.25) is 5.02 Å². The summed E-state index contributed by atoms with van der Waals surface area (Å²) in [5.74, 6) is 0. The number of rotatable bonds is 2. The lowest BCUT2D eigenvalue weighted by Gasteiger charge is -2.07. The van der Waals surface area contributed by atoms with E-state index in [0.29, 0.717) is 0 Å². The normalized spacial score (nSPS) is 12.0. The van der Waals surface area contributed by atoms with Crippen molar-refractivity contribution in [2.45, 2.75) is 6.18 Å². The molecule has 2 nitrogen and oxygen atoms in total. The highest BCUT2D eigenvalue weighted by atomic mass is 35.5. The second kappa shape index (κ2) is 5.40. The molecule has 0 saturated carbocycles. The van der Waals surface area contributed by atoms with Crippen LogP contribution in [0.25, 0.3) is 12.2 Å². The van der Waals surface area contributed by atoms with Crippen molar-refractivity contribution in [1.29, 1.82) is 0 Å². The molecule has 2 heterocycles. The van der Waals surface area contributed by atoms with Gasteiger partial charge in [-0.05, 0) is 23.8 Å². The van der Waals surface area contributed by atoms with E-state index in [4.69, 9.17) is 11.6 Å². The molecule has 0 atom stereocenters. The van der Waals surface area contributed by atoms with E-state index in [-0.39, 0.29) is 10.7 Å². The SMILES string of the molecule is FC(F)(F)c1cnc(C=Cc2cccnc2)c(Cl)c1. The standard InChI is InChI=1S/C13H8ClF3N2/c14-11-6-10(13(15,16)17)8-19-12(11)4-3-9-2-1-5-18-7-9/h1-8H. The summed E-state index contributed by atoms with van der Waals surface area (Å²) < 4.78 is 37.3. The molecule has 0 aliphatic heterocycles. The number of nitrogens with zero attached hydrogens (tertiary/aromatic N) is 2. The fourth-order valence-electron chi connectivity index (χ4n) is 1.38. The van der Waals surface area contributed by atoms with E-state index in [1.54, 1.807) is 30.6 Å². The molecule has 0 aromatic carbocycles. The highest BCUT2D eigenvalue weighted by molar-refractivity contribution is 6.32. The molecule has 19 heavy (non-hydrogen) atoms. The lowest BCUT2D eigenvalue weighted by Crippen LogP contribution is -2.05. The predicted octanol–water partition coefficient (Wildman–Crippen LogP) is 4.32. The topological polar surface area (TPSA) is 25.8 Å². The maximum Gasteiger partial charge on any atom is 0.417 e. The van der Waals surface area contributed by atoms with Crippen molar-refractivity contribution in [3.05, 3.63) is 58.6 Å². The third kappa shape index (κ3) is 3.54. The molecule has 0 amide bonds. The van der Waals surface area contributed by atoms with Gasteiger partial charge in [0.05, 0.1) is 16.3 Å². The first-order chi connectivity index (χ1) is 8.97. The van der Waals surface area contributed by atoms with Crippen molar-refractivity contribution < 1.29 is 13.2 Å². The average molecular weight is 285 g/mol. The van der Waals surface area contributed by atoms with Gasteiger partial charge in [0.25, 0.3) is 0 Å². The van der Waals surface area contributed by atoms with Gasteiger partial charge >= 0.3 is 6.18 Å². The largest absolute Gasteiger partial charge is 0.417 e. The summed E-state index contributed by atoms with van der Waals surface area (Å²) in [6.07, 6.45) is 2.78. The van der Waals surface area contributed by atoms with Gasteiger partial charge in [-0.1, -0.05) is 23.7 Å². The Labute approximate surface area is 112 Å². The van der Waals surface area contributed by atoms with Gasteiger partial charge in [0.15, 0.2) is 0 Å². The molecule has 2 rings (SSSR count). The Morgan fingerprint density at radius 1 is 1.16 bits per heavy atom. The van der Waals surface area contributed by atoms with Crippen LogP contribution in [0.4, 0.5) is 13.2 Å². The van der Waals surface area contributed by atoms with Crippen LogP contribution in [0, 0.1) is 0 Å². The molecule has 98 valence electrons. The third-order valence-electron chi connectivity index (χ3n) is 2.32. The van der Waals surface area contributed by atoms with E-state index in [1.807, 2.05) is 6.07 Å². The van der Waals surface area contributed by atoms with Gasteiger partial charge in [-0.25, -0.2) is 0 Å². The molecule has 0 saturated heterocycles. The molecular weight excluding hydrogens is 277 g/mol. The lowest BCUT2D eigenvalue weighted by atomic mass is 10.2. The highest BCUT2D eigenvalue weighted by Crippen LogP contribution is 2.31. The number of hydrogen-bond acceptors (Lipinski definition) is 2. The lowest BCUT2D eigenvalue weighted by molar-refractivity contribution is -0.137. The Bertz CT molecular complexity index is 595. The van der Waals surface area contributed by atoms with Crippen LogP contribution in [0.3, 0.4) is 0 Å². The highest BCUT2D eigenvalue weighted by Gasteiger charge is 2.31. The third-order valence-corrected chi connectivity index (χ3v) is 2.62. The van der Waals surface area contributed by atoms with Crippen molar-refractivity contribution in [3.8, 4) is 0 Å². The Hall–Kier alpha value is -1.88. The number of hydrogen-bond donors (Lipinski definition) is 0. The zero-order valence-electron chi connectivity index (χ0n) is 9.53. The van der Waals surface area contributed by atoms with Gasteiger partial charge in [-0.2, -0.15) is 13.2 Å². The van der Waals surface area contributed by atoms with Crippen molar-refractivity contribution in [3.63, 3.8) is 0 Å². The average Bonchev–Trinajstić information content (AvgIpc) is 2.37. The summed E-state index contributed by atoms with van der Waals surface area (Å²) in [4.78, 5) is 7.61. The maximum absolute atomic E-state index is 12.4. The van der Waals surface area contributed by atoms with Crippen molar-refractivity contribution in [2.24, 2.45) is 0 Å². The van der Waals surface area contributed by atoms with E-state index >= 15 is 0 Å². The molecule has 6 heteroatoms. The molecule has 0 unspecified atom stereocenters.